The maximum absolute atomic E-state index is 12.9. The van der Waals surface area contributed by atoms with Crippen LogP contribution in [0.15, 0.2) is 58.3 Å². The van der Waals surface area contributed by atoms with Crippen LogP contribution in [-0.4, -0.2) is 30.4 Å². The summed E-state index contributed by atoms with van der Waals surface area (Å²) in [7, 11) is 0. The molecule has 2 aromatic rings. The first kappa shape index (κ1) is 18.8. The van der Waals surface area contributed by atoms with E-state index in [2.05, 4.69) is 30.9 Å². The van der Waals surface area contributed by atoms with Crippen molar-refractivity contribution in [2.24, 2.45) is 0 Å². The fourth-order valence-corrected chi connectivity index (χ4v) is 3.94. The number of fused-ring (bicyclic) bond motifs is 2. The van der Waals surface area contributed by atoms with Crippen molar-refractivity contribution in [1.82, 2.24) is 4.90 Å². The summed E-state index contributed by atoms with van der Waals surface area (Å²) in [5, 5.41) is 0. The lowest BCUT2D eigenvalue weighted by molar-refractivity contribution is -0.118. The van der Waals surface area contributed by atoms with Crippen LogP contribution in [-0.2, 0) is 4.79 Å². The van der Waals surface area contributed by atoms with Crippen molar-refractivity contribution in [3.8, 4) is 0 Å². The van der Waals surface area contributed by atoms with Crippen LogP contribution in [0.25, 0.3) is 0 Å². The second-order valence-corrected chi connectivity index (χ2v) is 6.63. The Balaban J connectivity index is 0.00000208. The van der Waals surface area contributed by atoms with Crippen molar-refractivity contribution in [1.29, 1.82) is 0 Å². The summed E-state index contributed by atoms with van der Waals surface area (Å²) in [5.74, 6) is 0.164. The monoisotopic (exact) mass is 362 g/mol. The van der Waals surface area contributed by atoms with E-state index in [1.165, 1.54) is 0 Å². The van der Waals surface area contributed by atoms with Gasteiger partial charge in [0.1, 0.15) is 0 Å². The maximum atomic E-state index is 12.9. The van der Waals surface area contributed by atoms with Gasteiger partial charge >= 0.3 is 0 Å². The molecule has 0 saturated carbocycles. The lowest BCUT2D eigenvalue weighted by atomic mass is 10.2. The van der Waals surface area contributed by atoms with Gasteiger partial charge in [-0.3, -0.25) is 9.69 Å². The van der Waals surface area contributed by atoms with Gasteiger partial charge in [-0.2, -0.15) is 0 Å². The fraction of sp³-hybridized carbons (Fsp3) is 0.316. The number of anilines is 2. The number of hydrogen-bond acceptors (Lipinski definition) is 3. The van der Waals surface area contributed by atoms with E-state index >= 15 is 0 Å². The average Bonchev–Trinajstić information content (AvgIpc) is 2.60. The lowest BCUT2D eigenvalue weighted by Crippen LogP contribution is -2.33. The standard InChI is InChI=1S/C19H22N2OS.ClH/c1-3-20(4-2)14-13-19(22)21-15-9-5-7-11-17(15)23-18-12-8-6-10-16(18)21;/h5-12H,3-4,13-14H2,1-2H3;1H. The van der Waals surface area contributed by atoms with Gasteiger partial charge in [0, 0.05) is 22.8 Å². The maximum Gasteiger partial charge on any atom is 0.232 e. The van der Waals surface area contributed by atoms with Gasteiger partial charge in [0.25, 0.3) is 0 Å². The normalized spacial score (nSPS) is 12.4. The quantitative estimate of drug-likeness (QED) is 0.750. The van der Waals surface area contributed by atoms with Crippen molar-refractivity contribution < 1.29 is 4.79 Å². The zero-order valence-electron chi connectivity index (χ0n) is 14.1. The minimum Gasteiger partial charge on any atom is -0.303 e. The number of hydrogen-bond donors (Lipinski definition) is 0. The van der Waals surface area contributed by atoms with Crippen molar-refractivity contribution >= 4 is 41.5 Å². The molecule has 0 unspecified atom stereocenters. The number of rotatable bonds is 5. The number of para-hydroxylation sites is 2. The third kappa shape index (κ3) is 3.77. The summed E-state index contributed by atoms with van der Waals surface area (Å²) in [6, 6.07) is 16.3. The molecule has 0 aromatic heterocycles. The van der Waals surface area contributed by atoms with E-state index in [0.29, 0.717) is 6.42 Å². The average molecular weight is 363 g/mol. The largest absolute Gasteiger partial charge is 0.303 e. The van der Waals surface area contributed by atoms with Crippen molar-refractivity contribution in [2.75, 3.05) is 24.5 Å². The minimum absolute atomic E-state index is 0. The van der Waals surface area contributed by atoms with E-state index in [1.807, 2.05) is 41.3 Å². The molecule has 1 heterocycles. The van der Waals surface area contributed by atoms with Gasteiger partial charge in [0.15, 0.2) is 0 Å². The Morgan fingerprint density at radius 3 is 1.96 bits per heavy atom. The Bertz CT molecular complexity index is 658. The summed E-state index contributed by atoms with van der Waals surface area (Å²) < 4.78 is 0. The second kappa shape index (κ2) is 8.56. The van der Waals surface area contributed by atoms with Crippen LogP contribution in [0, 0.1) is 0 Å². The number of amides is 1. The highest BCUT2D eigenvalue weighted by molar-refractivity contribution is 7.99. The second-order valence-electron chi connectivity index (χ2n) is 5.54. The zero-order valence-corrected chi connectivity index (χ0v) is 15.7. The number of nitrogens with zero attached hydrogens (tertiary/aromatic N) is 2. The fourth-order valence-electron chi connectivity index (χ4n) is 2.88. The molecule has 0 aliphatic carbocycles. The predicted molar refractivity (Wildman–Crippen MR) is 104 cm³/mol. The molecule has 0 spiro atoms. The topological polar surface area (TPSA) is 23.6 Å². The highest BCUT2D eigenvalue weighted by atomic mass is 35.5. The predicted octanol–water partition coefficient (Wildman–Crippen LogP) is 4.97. The number of halogens is 1. The number of benzene rings is 2. The molecule has 24 heavy (non-hydrogen) atoms. The van der Waals surface area contributed by atoms with Crippen LogP contribution in [0.1, 0.15) is 20.3 Å². The van der Waals surface area contributed by atoms with Crippen LogP contribution in [0.4, 0.5) is 11.4 Å². The molecule has 1 aliphatic rings. The highest BCUT2D eigenvalue weighted by Crippen LogP contribution is 2.47. The Morgan fingerprint density at radius 2 is 1.46 bits per heavy atom. The zero-order chi connectivity index (χ0) is 16.2. The molecule has 5 heteroatoms. The molecule has 0 saturated heterocycles. The Morgan fingerprint density at radius 1 is 0.958 bits per heavy atom. The van der Waals surface area contributed by atoms with Crippen molar-refractivity contribution in [2.45, 2.75) is 30.1 Å². The van der Waals surface area contributed by atoms with Crippen LogP contribution in [0.5, 0.6) is 0 Å². The molecule has 0 bridgehead atoms. The van der Waals surface area contributed by atoms with Crippen molar-refractivity contribution in [3.05, 3.63) is 48.5 Å². The van der Waals surface area contributed by atoms with Gasteiger partial charge in [-0.05, 0) is 37.4 Å². The molecule has 0 radical (unpaired) electrons. The first-order chi connectivity index (χ1) is 11.2. The molecule has 0 N–H and O–H groups in total. The third-order valence-corrected chi connectivity index (χ3v) is 5.35. The lowest BCUT2D eigenvalue weighted by Gasteiger charge is -2.31. The van der Waals surface area contributed by atoms with Gasteiger partial charge in [-0.1, -0.05) is 49.9 Å². The SMILES string of the molecule is CCN(CC)CCC(=O)N1c2ccccc2Sc2ccccc21.Cl. The van der Waals surface area contributed by atoms with Gasteiger partial charge < -0.3 is 4.90 Å². The smallest absolute Gasteiger partial charge is 0.232 e. The van der Waals surface area contributed by atoms with E-state index in [1.54, 1.807) is 11.8 Å². The van der Waals surface area contributed by atoms with Crippen LogP contribution >= 0.6 is 24.2 Å². The van der Waals surface area contributed by atoms with E-state index in [4.69, 9.17) is 0 Å². The Labute approximate surface area is 154 Å². The van der Waals surface area contributed by atoms with Crippen molar-refractivity contribution in [3.63, 3.8) is 0 Å². The number of carbonyl (C=O) groups excluding carboxylic acids is 1. The van der Waals surface area contributed by atoms with Gasteiger partial charge in [-0.25, -0.2) is 0 Å². The van der Waals surface area contributed by atoms with Crippen LogP contribution in [0.2, 0.25) is 0 Å². The van der Waals surface area contributed by atoms with E-state index in [9.17, 15) is 4.79 Å². The molecule has 2 aromatic carbocycles. The summed E-state index contributed by atoms with van der Waals surface area (Å²) in [4.78, 5) is 19.4. The van der Waals surface area contributed by atoms with Gasteiger partial charge in [0.2, 0.25) is 5.91 Å². The molecule has 128 valence electrons. The molecule has 3 nitrogen and oxygen atoms in total. The third-order valence-electron chi connectivity index (χ3n) is 4.22. The molecule has 0 atom stereocenters. The van der Waals surface area contributed by atoms with E-state index in [0.717, 1.165) is 40.8 Å². The van der Waals surface area contributed by atoms with E-state index < -0.39 is 0 Å². The van der Waals surface area contributed by atoms with Gasteiger partial charge in [0.05, 0.1) is 11.4 Å². The summed E-state index contributed by atoms with van der Waals surface area (Å²) in [6.07, 6.45) is 0.537. The molecular formula is C19H23ClN2OS. The van der Waals surface area contributed by atoms with Crippen LogP contribution in [0.3, 0.4) is 0 Å². The van der Waals surface area contributed by atoms with E-state index in [-0.39, 0.29) is 18.3 Å². The molecular weight excluding hydrogens is 340 g/mol. The molecule has 3 rings (SSSR count). The Kier molecular flexibility index (Phi) is 6.72. The summed E-state index contributed by atoms with van der Waals surface area (Å²) in [6.45, 7) is 7.03. The Hall–Kier alpha value is -1.49. The first-order valence-corrected chi connectivity index (χ1v) is 8.97. The minimum atomic E-state index is 0. The molecule has 0 fully saturated rings. The highest BCUT2D eigenvalue weighted by Gasteiger charge is 2.27. The molecule has 1 amide bonds. The van der Waals surface area contributed by atoms with Crippen LogP contribution < -0.4 is 4.90 Å². The summed E-state index contributed by atoms with van der Waals surface area (Å²) >= 11 is 1.73. The number of carbonyl (C=O) groups is 1. The van der Waals surface area contributed by atoms with Gasteiger partial charge in [-0.15, -0.1) is 12.4 Å². The summed E-state index contributed by atoms with van der Waals surface area (Å²) in [5.41, 5.74) is 2.00. The first-order valence-electron chi connectivity index (χ1n) is 8.15. The molecule has 1 aliphatic heterocycles.